The second-order valence-corrected chi connectivity index (χ2v) is 4.63. The van der Waals surface area contributed by atoms with E-state index in [9.17, 15) is 0 Å². The summed E-state index contributed by atoms with van der Waals surface area (Å²) in [5.41, 5.74) is 2.09. The highest BCUT2D eigenvalue weighted by Crippen LogP contribution is 2.29. The zero-order chi connectivity index (χ0) is 14.8. The second kappa shape index (κ2) is 5.45. The van der Waals surface area contributed by atoms with Gasteiger partial charge in [-0.15, -0.1) is 0 Å². The summed E-state index contributed by atoms with van der Waals surface area (Å²) in [7, 11) is 3.33. The number of benzene rings is 1. The summed E-state index contributed by atoms with van der Waals surface area (Å²) < 4.78 is 5.13. The average Bonchev–Trinajstić information content (AvgIpc) is 2.96. The first kappa shape index (κ1) is 13.4. The van der Waals surface area contributed by atoms with Crippen LogP contribution >= 0.6 is 11.6 Å². The molecule has 3 aromatic rings. The number of rotatable bonds is 4. The normalized spacial score (nSPS) is 10.6. The van der Waals surface area contributed by atoms with Gasteiger partial charge in [0, 0.05) is 12.7 Å². The number of H-pyrrole nitrogens is 1. The predicted molar refractivity (Wildman–Crippen MR) is 82.5 cm³/mol. The summed E-state index contributed by atoms with van der Waals surface area (Å²) in [5.74, 6) is 1.72. The van der Waals surface area contributed by atoms with Crippen LogP contribution in [0.3, 0.4) is 0 Å². The Kier molecular flexibility index (Phi) is 3.49. The van der Waals surface area contributed by atoms with Crippen molar-refractivity contribution in [3.8, 4) is 5.75 Å². The molecule has 7 nitrogen and oxygen atoms in total. The number of ether oxygens (including phenoxy) is 1. The molecule has 0 saturated heterocycles. The number of halogens is 1. The monoisotopic (exact) mass is 304 g/mol. The summed E-state index contributed by atoms with van der Waals surface area (Å²) in [6.45, 7) is 0. The number of anilines is 3. The molecule has 0 radical (unpaired) electrons. The van der Waals surface area contributed by atoms with Crippen molar-refractivity contribution in [2.75, 3.05) is 24.8 Å². The van der Waals surface area contributed by atoms with Gasteiger partial charge in [-0.25, -0.2) is 4.98 Å². The summed E-state index contributed by atoms with van der Waals surface area (Å²) in [6, 6.07) is 5.41. The van der Waals surface area contributed by atoms with Crippen molar-refractivity contribution < 1.29 is 4.74 Å². The molecule has 2 aromatic heterocycles. The minimum atomic E-state index is 0.483. The molecule has 8 heteroatoms. The molecule has 0 saturated carbocycles. The molecular formula is C13H13ClN6O. The molecule has 0 bridgehead atoms. The van der Waals surface area contributed by atoms with Crippen LogP contribution in [0, 0.1) is 0 Å². The molecule has 0 fully saturated rings. The Bertz CT molecular complexity index is 787. The van der Waals surface area contributed by atoms with Crippen molar-refractivity contribution in [1.29, 1.82) is 0 Å². The third-order valence-electron chi connectivity index (χ3n) is 2.92. The van der Waals surface area contributed by atoms with Gasteiger partial charge < -0.3 is 20.4 Å². The Morgan fingerprint density at radius 3 is 2.86 bits per heavy atom. The lowest BCUT2D eigenvalue weighted by Crippen LogP contribution is -2.02. The van der Waals surface area contributed by atoms with Crippen LogP contribution < -0.4 is 15.4 Å². The van der Waals surface area contributed by atoms with Crippen LogP contribution in [-0.4, -0.2) is 34.1 Å². The zero-order valence-electron chi connectivity index (χ0n) is 11.4. The Morgan fingerprint density at radius 1 is 1.29 bits per heavy atom. The molecule has 108 valence electrons. The minimum Gasteiger partial charge on any atom is -0.495 e. The van der Waals surface area contributed by atoms with Gasteiger partial charge in [0.05, 0.1) is 18.5 Å². The Labute approximate surface area is 125 Å². The maximum absolute atomic E-state index is 6.12. The molecule has 0 atom stereocenters. The Balaban J connectivity index is 2.01. The van der Waals surface area contributed by atoms with E-state index in [4.69, 9.17) is 16.3 Å². The van der Waals surface area contributed by atoms with Crippen molar-refractivity contribution in [1.82, 2.24) is 19.9 Å². The lowest BCUT2D eigenvalue weighted by Gasteiger charge is -2.10. The van der Waals surface area contributed by atoms with E-state index in [0.717, 1.165) is 11.2 Å². The summed E-state index contributed by atoms with van der Waals surface area (Å²) >= 11 is 6.12. The first-order valence-corrected chi connectivity index (χ1v) is 6.58. The van der Waals surface area contributed by atoms with E-state index in [2.05, 4.69) is 30.6 Å². The van der Waals surface area contributed by atoms with E-state index in [1.165, 1.54) is 0 Å². The van der Waals surface area contributed by atoms with Crippen molar-refractivity contribution in [2.45, 2.75) is 0 Å². The number of aromatic amines is 1. The third-order valence-corrected chi connectivity index (χ3v) is 3.22. The molecule has 0 aliphatic heterocycles. The van der Waals surface area contributed by atoms with Crippen LogP contribution in [0.25, 0.3) is 11.2 Å². The van der Waals surface area contributed by atoms with Gasteiger partial charge in [0.15, 0.2) is 11.5 Å². The first-order chi connectivity index (χ1) is 10.2. The molecule has 1 aromatic carbocycles. The molecular weight excluding hydrogens is 292 g/mol. The van der Waals surface area contributed by atoms with Gasteiger partial charge >= 0.3 is 0 Å². The largest absolute Gasteiger partial charge is 0.495 e. The molecule has 21 heavy (non-hydrogen) atoms. The van der Waals surface area contributed by atoms with Gasteiger partial charge in [0.2, 0.25) is 5.95 Å². The van der Waals surface area contributed by atoms with E-state index in [1.54, 1.807) is 32.6 Å². The Morgan fingerprint density at radius 2 is 2.14 bits per heavy atom. The van der Waals surface area contributed by atoms with E-state index in [0.29, 0.717) is 28.2 Å². The number of hydrogen-bond donors (Lipinski definition) is 3. The van der Waals surface area contributed by atoms with Crippen molar-refractivity contribution >= 4 is 40.2 Å². The molecule has 2 heterocycles. The summed E-state index contributed by atoms with van der Waals surface area (Å²) in [4.78, 5) is 15.8. The van der Waals surface area contributed by atoms with E-state index < -0.39 is 0 Å². The number of imidazole rings is 1. The molecule has 0 spiro atoms. The average molecular weight is 305 g/mol. The van der Waals surface area contributed by atoms with E-state index in [1.807, 2.05) is 6.07 Å². The number of aromatic nitrogens is 4. The van der Waals surface area contributed by atoms with E-state index in [-0.39, 0.29) is 0 Å². The highest BCUT2D eigenvalue weighted by molar-refractivity contribution is 6.32. The van der Waals surface area contributed by atoms with Gasteiger partial charge in [0.25, 0.3) is 0 Å². The van der Waals surface area contributed by atoms with Crippen molar-refractivity contribution in [3.63, 3.8) is 0 Å². The molecule has 0 aliphatic rings. The van der Waals surface area contributed by atoms with Gasteiger partial charge in [-0.05, 0) is 18.2 Å². The summed E-state index contributed by atoms with van der Waals surface area (Å²) in [5, 5.41) is 6.62. The lowest BCUT2D eigenvalue weighted by molar-refractivity contribution is 0.415. The lowest BCUT2D eigenvalue weighted by atomic mass is 10.3. The number of nitrogens with zero attached hydrogens (tertiary/aromatic N) is 3. The van der Waals surface area contributed by atoms with Gasteiger partial charge in [-0.2, -0.15) is 9.97 Å². The van der Waals surface area contributed by atoms with Crippen LogP contribution in [0.4, 0.5) is 17.5 Å². The van der Waals surface area contributed by atoms with Gasteiger partial charge in [0.1, 0.15) is 11.3 Å². The highest BCUT2D eigenvalue weighted by atomic mass is 35.5. The molecule has 0 amide bonds. The number of hydrogen-bond acceptors (Lipinski definition) is 6. The summed E-state index contributed by atoms with van der Waals surface area (Å²) in [6.07, 6.45) is 1.57. The fourth-order valence-electron chi connectivity index (χ4n) is 1.92. The smallest absolute Gasteiger partial charge is 0.226 e. The predicted octanol–water partition coefficient (Wildman–Crippen LogP) is 2.80. The maximum atomic E-state index is 6.12. The molecule has 0 aliphatic carbocycles. The standard InChI is InChI=1S/C13H13ClN6O/c1-15-13-19-11-10(16-6-17-11)12(20-13)18-7-3-4-9(21-2)8(14)5-7/h3-6H,1-2H3,(H3,15,16,17,18,19,20). The number of fused-ring (bicyclic) bond motifs is 1. The van der Waals surface area contributed by atoms with E-state index >= 15 is 0 Å². The van der Waals surface area contributed by atoms with Gasteiger partial charge in [-0.3, -0.25) is 0 Å². The van der Waals surface area contributed by atoms with Crippen LogP contribution in [0.15, 0.2) is 24.5 Å². The van der Waals surface area contributed by atoms with Crippen molar-refractivity contribution in [2.24, 2.45) is 0 Å². The van der Waals surface area contributed by atoms with Gasteiger partial charge in [-0.1, -0.05) is 11.6 Å². The van der Waals surface area contributed by atoms with Crippen molar-refractivity contribution in [3.05, 3.63) is 29.5 Å². The SMILES string of the molecule is CNc1nc(Nc2ccc(OC)c(Cl)c2)c2[nH]cnc2n1. The topological polar surface area (TPSA) is 87.8 Å². The molecule has 0 unspecified atom stereocenters. The molecule has 3 rings (SSSR count). The fourth-order valence-corrected chi connectivity index (χ4v) is 2.17. The third kappa shape index (κ3) is 2.55. The first-order valence-electron chi connectivity index (χ1n) is 6.20. The highest BCUT2D eigenvalue weighted by Gasteiger charge is 2.10. The zero-order valence-corrected chi connectivity index (χ0v) is 12.2. The second-order valence-electron chi connectivity index (χ2n) is 4.22. The van der Waals surface area contributed by atoms with Crippen LogP contribution in [0.5, 0.6) is 5.75 Å². The Hall–Kier alpha value is -2.54. The number of nitrogens with one attached hydrogen (secondary N) is 3. The quantitative estimate of drug-likeness (QED) is 0.687. The number of methoxy groups -OCH3 is 1. The van der Waals surface area contributed by atoms with Crippen LogP contribution in [-0.2, 0) is 0 Å². The van der Waals surface area contributed by atoms with Crippen LogP contribution in [0.1, 0.15) is 0 Å². The minimum absolute atomic E-state index is 0.483. The van der Waals surface area contributed by atoms with Crippen LogP contribution in [0.2, 0.25) is 5.02 Å². The fraction of sp³-hybridized carbons (Fsp3) is 0.154. The maximum Gasteiger partial charge on any atom is 0.226 e. The molecule has 3 N–H and O–H groups in total.